The Morgan fingerprint density at radius 3 is 2.53 bits per heavy atom. The van der Waals surface area contributed by atoms with Gasteiger partial charge in [-0.25, -0.2) is 9.97 Å². The van der Waals surface area contributed by atoms with Crippen LogP contribution in [-0.2, 0) is 6.18 Å². The van der Waals surface area contributed by atoms with Gasteiger partial charge in [-0.15, -0.1) is 0 Å². The number of ether oxygens (including phenoxy) is 1. The molecule has 0 fully saturated rings. The summed E-state index contributed by atoms with van der Waals surface area (Å²) in [6.07, 6.45) is -4.61. The number of nitrogens with two attached hydrogens (primary N) is 1. The molecule has 7 heteroatoms. The normalized spacial score (nSPS) is 11.8. The lowest BCUT2D eigenvalue weighted by Crippen LogP contribution is -2.12. The predicted molar refractivity (Wildman–Crippen MR) is 55.5 cm³/mol. The van der Waals surface area contributed by atoms with Gasteiger partial charge in [0.25, 0.3) is 0 Å². The van der Waals surface area contributed by atoms with Crippen LogP contribution in [0.5, 0.6) is 5.75 Å². The third kappa shape index (κ3) is 2.08. The number of nitrogen functional groups attached to an aromatic ring is 1. The molecule has 0 saturated heterocycles. The number of anilines is 1. The second-order valence-electron chi connectivity index (χ2n) is 3.31. The lowest BCUT2D eigenvalue weighted by Gasteiger charge is -2.08. The number of aromatic nitrogens is 2. The summed E-state index contributed by atoms with van der Waals surface area (Å²) in [5.41, 5.74) is 5.60. The van der Waals surface area contributed by atoms with Crippen LogP contribution in [0.4, 0.5) is 19.0 Å². The van der Waals surface area contributed by atoms with E-state index in [0.717, 1.165) is 0 Å². The van der Waals surface area contributed by atoms with E-state index in [0.29, 0.717) is 11.1 Å². The Labute approximate surface area is 94.2 Å². The molecule has 2 rings (SSSR count). The highest BCUT2D eigenvalue weighted by Gasteiger charge is 2.35. The van der Waals surface area contributed by atoms with Gasteiger partial charge in [-0.3, -0.25) is 0 Å². The first-order valence-corrected chi connectivity index (χ1v) is 4.60. The lowest BCUT2D eigenvalue weighted by molar-refractivity contribution is -0.144. The van der Waals surface area contributed by atoms with Crippen molar-refractivity contribution in [3.05, 3.63) is 24.0 Å². The first kappa shape index (κ1) is 11.4. The summed E-state index contributed by atoms with van der Waals surface area (Å²) < 4.78 is 42.2. The van der Waals surface area contributed by atoms with Crippen molar-refractivity contribution in [2.75, 3.05) is 12.8 Å². The van der Waals surface area contributed by atoms with Crippen molar-refractivity contribution in [3.63, 3.8) is 0 Å². The van der Waals surface area contributed by atoms with Gasteiger partial charge in [-0.05, 0) is 18.2 Å². The van der Waals surface area contributed by atoms with Crippen molar-refractivity contribution in [3.8, 4) is 5.75 Å². The van der Waals surface area contributed by atoms with E-state index in [1.807, 2.05) is 0 Å². The van der Waals surface area contributed by atoms with Crippen molar-refractivity contribution in [1.29, 1.82) is 0 Å². The molecule has 1 heterocycles. The Kier molecular flexibility index (Phi) is 2.53. The third-order valence-corrected chi connectivity index (χ3v) is 2.19. The molecule has 0 atom stereocenters. The molecular weight excluding hydrogens is 235 g/mol. The van der Waals surface area contributed by atoms with Crippen LogP contribution in [0.25, 0.3) is 10.9 Å². The average molecular weight is 243 g/mol. The summed E-state index contributed by atoms with van der Waals surface area (Å²) in [5.74, 6) is -0.985. The molecule has 0 amide bonds. The van der Waals surface area contributed by atoms with Gasteiger partial charge in [0.2, 0.25) is 5.82 Å². The van der Waals surface area contributed by atoms with Crippen LogP contribution in [0.15, 0.2) is 18.2 Å². The zero-order valence-corrected chi connectivity index (χ0v) is 8.75. The Morgan fingerprint density at radius 2 is 1.94 bits per heavy atom. The number of fused-ring (bicyclic) bond motifs is 1. The van der Waals surface area contributed by atoms with Gasteiger partial charge in [0.15, 0.2) is 0 Å². The van der Waals surface area contributed by atoms with Crippen molar-refractivity contribution in [2.45, 2.75) is 6.18 Å². The fourth-order valence-electron chi connectivity index (χ4n) is 1.38. The maximum absolute atomic E-state index is 12.4. The molecule has 0 aliphatic carbocycles. The minimum absolute atomic E-state index is 0.130. The maximum atomic E-state index is 12.4. The van der Waals surface area contributed by atoms with Crippen molar-refractivity contribution in [2.24, 2.45) is 0 Å². The summed E-state index contributed by atoms with van der Waals surface area (Å²) in [4.78, 5) is 6.65. The number of hydrogen-bond acceptors (Lipinski definition) is 4. The standard InChI is InChI=1S/C10H8F3N3O/c1-17-5-2-3-7-6(4-5)8(14)16-9(15-7)10(11,12)13/h2-4H,1H3,(H2,14,15,16). The number of benzene rings is 1. The number of rotatable bonds is 1. The molecule has 0 radical (unpaired) electrons. The van der Waals surface area contributed by atoms with Gasteiger partial charge in [-0.1, -0.05) is 0 Å². The Morgan fingerprint density at radius 1 is 1.24 bits per heavy atom. The molecule has 0 aliphatic rings. The highest BCUT2D eigenvalue weighted by Crippen LogP contribution is 2.30. The summed E-state index contributed by atoms with van der Waals surface area (Å²) in [5, 5.41) is 0.331. The zero-order chi connectivity index (χ0) is 12.6. The maximum Gasteiger partial charge on any atom is 0.451 e. The second-order valence-corrected chi connectivity index (χ2v) is 3.31. The zero-order valence-electron chi connectivity index (χ0n) is 8.75. The highest BCUT2D eigenvalue weighted by atomic mass is 19.4. The summed E-state index contributed by atoms with van der Waals surface area (Å²) in [6.45, 7) is 0. The molecule has 0 bridgehead atoms. The largest absolute Gasteiger partial charge is 0.497 e. The van der Waals surface area contributed by atoms with Crippen LogP contribution >= 0.6 is 0 Å². The Hall–Kier alpha value is -2.05. The van der Waals surface area contributed by atoms with E-state index in [2.05, 4.69) is 9.97 Å². The fourth-order valence-corrected chi connectivity index (χ4v) is 1.38. The molecule has 1 aromatic heterocycles. The van der Waals surface area contributed by atoms with Gasteiger partial charge in [-0.2, -0.15) is 13.2 Å². The summed E-state index contributed by atoms with van der Waals surface area (Å²) in [7, 11) is 1.45. The quantitative estimate of drug-likeness (QED) is 0.834. The van der Waals surface area contributed by atoms with E-state index in [1.54, 1.807) is 0 Å². The van der Waals surface area contributed by atoms with E-state index >= 15 is 0 Å². The first-order chi connectivity index (χ1) is 7.91. The summed E-state index contributed by atoms with van der Waals surface area (Å²) >= 11 is 0. The molecule has 1 aromatic carbocycles. The van der Waals surface area contributed by atoms with Crippen molar-refractivity contribution >= 4 is 16.7 Å². The van der Waals surface area contributed by atoms with Crippen LogP contribution in [-0.4, -0.2) is 17.1 Å². The van der Waals surface area contributed by atoms with Crippen LogP contribution in [0.3, 0.4) is 0 Å². The smallest absolute Gasteiger partial charge is 0.451 e. The molecule has 0 aliphatic heterocycles. The minimum Gasteiger partial charge on any atom is -0.497 e. The number of methoxy groups -OCH3 is 1. The van der Waals surface area contributed by atoms with Gasteiger partial charge < -0.3 is 10.5 Å². The molecule has 17 heavy (non-hydrogen) atoms. The van der Waals surface area contributed by atoms with E-state index < -0.39 is 12.0 Å². The van der Waals surface area contributed by atoms with Crippen LogP contribution in [0, 0.1) is 0 Å². The Balaban J connectivity index is 2.68. The molecule has 4 nitrogen and oxygen atoms in total. The second kappa shape index (κ2) is 3.76. The number of hydrogen-bond donors (Lipinski definition) is 1. The number of nitrogens with zero attached hydrogens (tertiary/aromatic N) is 2. The average Bonchev–Trinajstić information content (AvgIpc) is 2.27. The molecule has 90 valence electrons. The summed E-state index contributed by atoms with van der Waals surface area (Å²) in [6, 6.07) is 4.40. The van der Waals surface area contributed by atoms with E-state index in [1.165, 1.54) is 25.3 Å². The molecular formula is C10H8F3N3O. The highest BCUT2D eigenvalue weighted by molar-refractivity contribution is 5.89. The molecule has 0 saturated carbocycles. The van der Waals surface area contributed by atoms with Gasteiger partial charge in [0, 0.05) is 5.39 Å². The van der Waals surface area contributed by atoms with Gasteiger partial charge in [0.1, 0.15) is 11.6 Å². The first-order valence-electron chi connectivity index (χ1n) is 4.60. The Bertz CT molecular complexity index is 568. The van der Waals surface area contributed by atoms with E-state index in [-0.39, 0.29) is 11.3 Å². The van der Waals surface area contributed by atoms with Crippen LogP contribution in [0.1, 0.15) is 5.82 Å². The lowest BCUT2D eigenvalue weighted by atomic mass is 10.2. The molecule has 2 N–H and O–H groups in total. The third-order valence-electron chi connectivity index (χ3n) is 2.19. The van der Waals surface area contributed by atoms with Crippen molar-refractivity contribution < 1.29 is 17.9 Å². The number of alkyl halides is 3. The van der Waals surface area contributed by atoms with Crippen LogP contribution in [0.2, 0.25) is 0 Å². The van der Waals surface area contributed by atoms with Gasteiger partial charge >= 0.3 is 6.18 Å². The van der Waals surface area contributed by atoms with Crippen molar-refractivity contribution in [1.82, 2.24) is 9.97 Å². The predicted octanol–water partition coefficient (Wildman–Crippen LogP) is 2.24. The fraction of sp³-hybridized carbons (Fsp3) is 0.200. The van der Waals surface area contributed by atoms with E-state index in [4.69, 9.17) is 10.5 Å². The molecule has 0 spiro atoms. The van der Waals surface area contributed by atoms with E-state index in [9.17, 15) is 13.2 Å². The SMILES string of the molecule is COc1ccc2nc(C(F)(F)F)nc(N)c2c1. The minimum atomic E-state index is -4.61. The van der Waals surface area contributed by atoms with Crippen LogP contribution < -0.4 is 10.5 Å². The van der Waals surface area contributed by atoms with Gasteiger partial charge in [0.05, 0.1) is 12.6 Å². The topological polar surface area (TPSA) is 61.0 Å². The molecule has 0 unspecified atom stereocenters. The number of halogens is 3. The molecule has 2 aromatic rings. The monoisotopic (exact) mass is 243 g/mol.